The summed E-state index contributed by atoms with van der Waals surface area (Å²) in [6.07, 6.45) is -0.889. The maximum atomic E-state index is 12.3. The number of amides is 1. The maximum Gasteiger partial charge on any atom is 0.430 e. The number of carbonyl (C=O) groups excluding carboxylic acids is 1. The molecule has 0 bridgehead atoms. The highest BCUT2D eigenvalue weighted by Gasteiger charge is 2.39. The molecule has 1 amide bonds. The third-order valence-electron chi connectivity index (χ3n) is 5.25. The quantitative estimate of drug-likeness (QED) is 0.385. The second kappa shape index (κ2) is 11.3. The van der Waals surface area contributed by atoms with Crippen LogP contribution < -0.4 is 10.1 Å². The lowest BCUT2D eigenvalue weighted by molar-refractivity contribution is -0.138. The van der Waals surface area contributed by atoms with Crippen LogP contribution in [0.5, 0.6) is 5.75 Å². The number of nitrogens with zero attached hydrogens (tertiary/aromatic N) is 1. The van der Waals surface area contributed by atoms with Crippen molar-refractivity contribution in [2.45, 2.75) is 37.2 Å². The second-order valence-corrected chi connectivity index (χ2v) is 10.2. The van der Waals surface area contributed by atoms with Crippen molar-refractivity contribution in [2.75, 3.05) is 12.9 Å². The third-order valence-corrected chi connectivity index (χ3v) is 6.88. The lowest BCUT2D eigenvalue weighted by Crippen LogP contribution is -2.41. The molecule has 1 atom stereocenters. The van der Waals surface area contributed by atoms with Crippen LogP contribution in [0.3, 0.4) is 0 Å². The second-order valence-electron chi connectivity index (χ2n) is 8.92. The Morgan fingerprint density at radius 2 is 1.34 bits per heavy atom. The zero-order valence-corrected chi connectivity index (χ0v) is 21.1. The van der Waals surface area contributed by atoms with Gasteiger partial charge in [0, 0.05) is 5.75 Å². The third kappa shape index (κ3) is 6.57. The van der Waals surface area contributed by atoms with Gasteiger partial charge in [-0.3, -0.25) is 0 Å². The summed E-state index contributed by atoms with van der Waals surface area (Å²) in [7, 11) is 1.61. The lowest BCUT2D eigenvalue weighted by atomic mass is 9.84. The van der Waals surface area contributed by atoms with Crippen LogP contribution in [-0.2, 0) is 14.3 Å². The number of carboxylic acids is 1. The number of ether oxygens (including phenoxy) is 2. The molecule has 3 aromatic rings. The van der Waals surface area contributed by atoms with Crippen LogP contribution >= 0.6 is 11.8 Å². The first-order valence-electron chi connectivity index (χ1n) is 11.2. The Morgan fingerprint density at radius 3 is 1.77 bits per heavy atom. The van der Waals surface area contributed by atoms with Gasteiger partial charge in [-0.15, -0.1) is 11.8 Å². The number of benzene rings is 3. The Hall–Kier alpha value is -3.45. The summed E-state index contributed by atoms with van der Waals surface area (Å²) < 4.78 is 9.84. The Kier molecular flexibility index (Phi) is 8.46. The van der Waals surface area contributed by atoms with E-state index in [1.54, 1.807) is 27.9 Å². The molecule has 0 spiro atoms. The van der Waals surface area contributed by atoms with Crippen molar-refractivity contribution in [1.82, 2.24) is 5.32 Å². The molecule has 6 nitrogen and oxygen atoms in total. The minimum absolute atomic E-state index is 0.0460. The average Bonchev–Trinajstić information content (AvgIpc) is 2.84. The predicted molar refractivity (Wildman–Crippen MR) is 138 cm³/mol. The van der Waals surface area contributed by atoms with Gasteiger partial charge in [0.05, 0.1) is 11.9 Å². The van der Waals surface area contributed by atoms with Crippen LogP contribution in [0.2, 0.25) is 0 Å². The SMILES string of the molecule is COc1ccc(C(SC[C@H]([N]C(=O)OC(C)(C)C)C(=O)O)(c2ccccc2)c2ccccc2)cc1. The van der Waals surface area contributed by atoms with Crippen LogP contribution in [0.25, 0.3) is 0 Å². The summed E-state index contributed by atoms with van der Waals surface area (Å²) in [5.74, 6) is -0.421. The Bertz CT molecular complexity index is 1070. The molecule has 0 aliphatic rings. The van der Waals surface area contributed by atoms with E-state index in [1.165, 1.54) is 11.8 Å². The zero-order valence-electron chi connectivity index (χ0n) is 20.3. The molecule has 0 aromatic heterocycles. The first-order valence-corrected chi connectivity index (χ1v) is 12.2. The van der Waals surface area contributed by atoms with Crippen LogP contribution in [0.4, 0.5) is 4.79 Å². The van der Waals surface area contributed by atoms with Gasteiger partial charge in [-0.25, -0.2) is 9.59 Å². The van der Waals surface area contributed by atoms with Gasteiger partial charge in [-0.2, -0.15) is 5.32 Å². The van der Waals surface area contributed by atoms with Gasteiger partial charge in [0.15, 0.2) is 6.04 Å². The minimum Gasteiger partial charge on any atom is -0.497 e. The molecule has 0 fully saturated rings. The van der Waals surface area contributed by atoms with Crippen LogP contribution in [0.1, 0.15) is 37.5 Å². The number of methoxy groups -OCH3 is 1. The first kappa shape index (κ1) is 26.2. The number of carbonyl (C=O) groups is 2. The number of aliphatic carboxylic acids is 1. The highest BCUT2D eigenvalue weighted by atomic mass is 32.2. The van der Waals surface area contributed by atoms with E-state index in [1.807, 2.05) is 84.9 Å². The van der Waals surface area contributed by atoms with Crippen molar-refractivity contribution in [2.24, 2.45) is 0 Å². The molecule has 0 saturated heterocycles. The number of carboxylic acid groups (broad SMARTS) is 1. The Morgan fingerprint density at radius 1 is 0.857 bits per heavy atom. The molecule has 35 heavy (non-hydrogen) atoms. The van der Waals surface area contributed by atoms with Gasteiger partial charge in [0.25, 0.3) is 0 Å². The van der Waals surface area contributed by atoms with E-state index in [4.69, 9.17) is 9.47 Å². The number of hydrogen-bond acceptors (Lipinski definition) is 5. The van der Waals surface area contributed by atoms with Gasteiger partial charge in [0.1, 0.15) is 11.4 Å². The average molecular weight is 493 g/mol. The van der Waals surface area contributed by atoms with E-state index in [2.05, 4.69) is 5.32 Å². The fourth-order valence-electron chi connectivity index (χ4n) is 3.70. The fourth-order valence-corrected chi connectivity index (χ4v) is 5.24. The monoisotopic (exact) mass is 492 g/mol. The summed E-state index contributed by atoms with van der Waals surface area (Å²) in [5.41, 5.74) is 2.13. The maximum absolute atomic E-state index is 12.3. The Labute approximate surface area is 210 Å². The summed E-state index contributed by atoms with van der Waals surface area (Å²) in [5, 5.41) is 13.7. The predicted octanol–water partition coefficient (Wildman–Crippen LogP) is 5.71. The van der Waals surface area contributed by atoms with E-state index in [0.29, 0.717) is 0 Å². The molecule has 3 aromatic carbocycles. The smallest absolute Gasteiger partial charge is 0.430 e. The van der Waals surface area contributed by atoms with Gasteiger partial charge < -0.3 is 14.6 Å². The van der Waals surface area contributed by atoms with Gasteiger partial charge >= 0.3 is 12.1 Å². The summed E-state index contributed by atoms with van der Waals surface area (Å²) in [4.78, 5) is 24.4. The van der Waals surface area contributed by atoms with Crippen molar-refractivity contribution in [3.05, 3.63) is 102 Å². The number of thioether (sulfide) groups is 1. The normalized spacial score (nSPS) is 12.5. The highest BCUT2D eigenvalue weighted by Crippen LogP contribution is 2.49. The van der Waals surface area contributed by atoms with Crippen molar-refractivity contribution >= 4 is 23.8 Å². The van der Waals surface area contributed by atoms with Crippen LogP contribution in [0, 0.1) is 0 Å². The molecule has 0 aliphatic heterocycles. The Balaban J connectivity index is 2.06. The van der Waals surface area contributed by atoms with Crippen molar-refractivity contribution in [1.29, 1.82) is 0 Å². The van der Waals surface area contributed by atoms with E-state index in [0.717, 1.165) is 22.4 Å². The van der Waals surface area contributed by atoms with Gasteiger partial charge in [-0.1, -0.05) is 72.8 Å². The molecule has 1 N–H and O–H groups in total. The topological polar surface area (TPSA) is 86.9 Å². The minimum atomic E-state index is -1.28. The summed E-state index contributed by atoms with van der Waals surface area (Å²) in [6, 6.07) is 26.2. The summed E-state index contributed by atoms with van der Waals surface area (Å²) >= 11 is 1.41. The number of hydrogen-bond donors (Lipinski definition) is 1. The van der Waals surface area contributed by atoms with Gasteiger partial charge in [-0.05, 0) is 49.6 Å². The van der Waals surface area contributed by atoms with E-state index in [9.17, 15) is 14.7 Å². The molecule has 1 radical (unpaired) electrons. The molecule has 3 rings (SSSR count). The van der Waals surface area contributed by atoms with Crippen molar-refractivity contribution in [3.63, 3.8) is 0 Å². The number of rotatable bonds is 9. The molecular weight excluding hydrogens is 462 g/mol. The molecule has 0 saturated carbocycles. The van der Waals surface area contributed by atoms with Crippen LogP contribution in [0.15, 0.2) is 84.9 Å². The van der Waals surface area contributed by atoms with Crippen LogP contribution in [-0.4, -0.2) is 41.7 Å². The van der Waals surface area contributed by atoms with E-state index in [-0.39, 0.29) is 5.75 Å². The van der Waals surface area contributed by atoms with E-state index < -0.39 is 28.5 Å². The first-order chi connectivity index (χ1) is 16.7. The van der Waals surface area contributed by atoms with E-state index >= 15 is 0 Å². The molecule has 183 valence electrons. The zero-order chi connectivity index (χ0) is 25.5. The molecule has 0 aliphatic carbocycles. The standard InChI is InChI=1S/C28H30NO5S/c1-27(2,3)34-26(32)29-24(25(30)31)19-35-28(20-11-7-5-8-12-20,21-13-9-6-10-14-21)22-15-17-23(33-4)18-16-22/h5-18,24H,19H2,1-4H3,(H,30,31)/t24-/m0/s1. The lowest BCUT2D eigenvalue weighted by Gasteiger charge is -2.36. The molecule has 7 heteroatoms. The highest BCUT2D eigenvalue weighted by molar-refractivity contribution is 8.00. The van der Waals surface area contributed by atoms with Crippen molar-refractivity contribution < 1.29 is 24.2 Å². The van der Waals surface area contributed by atoms with Gasteiger partial charge in [0.2, 0.25) is 0 Å². The van der Waals surface area contributed by atoms with Crippen molar-refractivity contribution in [3.8, 4) is 5.75 Å². The largest absolute Gasteiger partial charge is 0.497 e. The molecular formula is C28H30NO5S. The fraction of sp³-hybridized carbons (Fsp3) is 0.286. The summed E-state index contributed by atoms with van der Waals surface area (Å²) in [6.45, 7) is 5.14. The molecule has 0 heterocycles. The molecule has 0 unspecified atom stereocenters.